The molecule has 3 rings (SSSR count). The van der Waals surface area contributed by atoms with Crippen molar-refractivity contribution in [3.8, 4) is 5.75 Å². The maximum absolute atomic E-state index is 12.8. The minimum atomic E-state index is -4.61. The molecule has 0 aromatic heterocycles. The van der Waals surface area contributed by atoms with Crippen LogP contribution in [0.25, 0.3) is 0 Å². The largest absolute Gasteiger partial charge is 0.484 e. The molecule has 0 saturated carbocycles. The summed E-state index contributed by atoms with van der Waals surface area (Å²) in [5.41, 5.74) is -0.871. The molecule has 6 nitrogen and oxygen atoms in total. The van der Waals surface area contributed by atoms with Crippen LogP contribution in [0, 0.1) is 0 Å². The molecule has 1 amide bonds. The first-order chi connectivity index (χ1) is 15.4. The van der Waals surface area contributed by atoms with Crippen LogP contribution in [0.15, 0.2) is 71.6 Å². The second-order valence-electron chi connectivity index (χ2n) is 6.62. The van der Waals surface area contributed by atoms with E-state index in [2.05, 4.69) is 10.0 Å². The number of halogens is 5. The number of hydrogen-bond acceptors (Lipinski definition) is 4. The summed E-state index contributed by atoms with van der Waals surface area (Å²) in [7, 11) is -4.15. The number of nitrogens with one attached hydrogen (secondary N) is 2. The fraction of sp³-hybridized carbons (Fsp3) is 0.0952. The Morgan fingerprint density at radius 2 is 1.67 bits per heavy atom. The van der Waals surface area contributed by atoms with Crippen LogP contribution in [-0.4, -0.2) is 20.9 Å². The van der Waals surface area contributed by atoms with Crippen molar-refractivity contribution in [1.29, 1.82) is 0 Å². The first-order valence-corrected chi connectivity index (χ1v) is 11.4. The van der Waals surface area contributed by atoms with Gasteiger partial charge in [0.25, 0.3) is 15.9 Å². The summed E-state index contributed by atoms with van der Waals surface area (Å²) in [6.07, 6.45) is -4.61. The Kier molecular flexibility index (Phi) is 7.41. The number of hydrogen-bond donors (Lipinski definition) is 2. The third-order valence-corrected chi connectivity index (χ3v) is 6.10. The van der Waals surface area contributed by atoms with Crippen molar-refractivity contribution < 1.29 is 31.1 Å². The van der Waals surface area contributed by atoms with Gasteiger partial charge in [0.15, 0.2) is 6.61 Å². The van der Waals surface area contributed by atoms with Gasteiger partial charge in [0.05, 0.1) is 21.2 Å². The summed E-state index contributed by atoms with van der Waals surface area (Å²) in [5, 5.41) is 3.20. The molecule has 0 fully saturated rings. The number of alkyl halides is 3. The fourth-order valence-electron chi connectivity index (χ4n) is 2.61. The lowest BCUT2D eigenvalue weighted by Gasteiger charge is -2.12. The minimum absolute atomic E-state index is 0.199. The molecule has 0 aliphatic carbocycles. The van der Waals surface area contributed by atoms with Gasteiger partial charge in [0, 0.05) is 10.7 Å². The lowest BCUT2D eigenvalue weighted by atomic mass is 10.2. The van der Waals surface area contributed by atoms with E-state index in [0.29, 0.717) is 16.8 Å². The Hall–Kier alpha value is -2.95. The Morgan fingerprint density at radius 1 is 0.970 bits per heavy atom. The lowest BCUT2D eigenvalue weighted by molar-refractivity contribution is -0.137. The predicted octanol–water partition coefficient (Wildman–Crippen LogP) is 5.83. The van der Waals surface area contributed by atoms with E-state index < -0.39 is 27.7 Å². The number of carbonyl (C=O) groups excluding carboxylic acids is 1. The van der Waals surface area contributed by atoms with E-state index in [1.54, 1.807) is 6.07 Å². The van der Waals surface area contributed by atoms with Crippen LogP contribution < -0.4 is 14.8 Å². The second kappa shape index (κ2) is 9.90. The Balaban J connectivity index is 1.61. The van der Waals surface area contributed by atoms with Crippen molar-refractivity contribution in [3.63, 3.8) is 0 Å². The molecule has 33 heavy (non-hydrogen) atoms. The highest BCUT2D eigenvalue weighted by Crippen LogP contribution is 2.31. The van der Waals surface area contributed by atoms with E-state index in [1.807, 2.05) is 0 Å². The SMILES string of the molecule is O=C(COc1ccc(S(=O)(=O)Nc2cccc(C(F)(F)F)c2)cc1)Nc1ccc(Cl)cc1Cl. The monoisotopic (exact) mass is 518 g/mol. The van der Waals surface area contributed by atoms with Crippen LogP contribution in [0.3, 0.4) is 0 Å². The van der Waals surface area contributed by atoms with Gasteiger partial charge in [-0.1, -0.05) is 29.3 Å². The molecular formula is C21H15Cl2F3N2O4S. The molecule has 0 radical (unpaired) electrons. The normalized spacial score (nSPS) is 11.7. The van der Waals surface area contributed by atoms with Crippen LogP contribution in [0.5, 0.6) is 5.75 Å². The minimum Gasteiger partial charge on any atom is -0.484 e. The highest BCUT2D eigenvalue weighted by molar-refractivity contribution is 7.92. The van der Waals surface area contributed by atoms with Gasteiger partial charge in [0.2, 0.25) is 0 Å². The number of anilines is 2. The van der Waals surface area contributed by atoms with Crippen molar-refractivity contribution in [2.24, 2.45) is 0 Å². The van der Waals surface area contributed by atoms with Gasteiger partial charge in [-0.3, -0.25) is 9.52 Å². The van der Waals surface area contributed by atoms with Crippen LogP contribution in [0.4, 0.5) is 24.5 Å². The Morgan fingerprint density at radius 3 is 2.30 bits per heavy atom. The predicted molar refractivity (Wildman–Crippen MR) is 119 cm³/mol. The third kappa shape index (κ3) is 6.77. The molecule has 0 aliphatic heterocycles. The zero-order valence-corrected chi connectivity index (χ0v) is 18.8. The molecule has 0 spiro atoms. The average Bonchev–Trinajstić information content (AvgIpc) is 2.74. The van der Waals surface area contributed by atoms with Crippen molar-refractivity contribution in [1.82, 2.24) is 0 Å². The van der Waals surface area contributed by atoms with Crippen molar-refractivity contribution in [2.45, 2.75) is 11.1 Å². The molecule has 3 aromatic rings. The molecule has 3 aromatic carbocycles. The average molecular weight is 519 g/mol. The number of benzene rings is 3. The number of sulfonamides is 1. The molecule has 12 heteroatoms. The Labute approximate surface area is 197 Å². The fourth-order valence-corrected chi connectivity index (χ4v) is 4.12. The number of amides is 1. The first kappa shape index (κ1) is 24.7. The summed E-state index contributed by atoms with van der Waals surface area (Å²) in [4.78, 5) is 11.8. The summed E-state index contributed by atoms with van der Waals surface area (Å²) in [6, 6.07) is 13.4. The van der Waals surface area contributed by atoms with Gasteiger partial charge in [-0.25, -0.2) is 8.42 Å². The van der Waals surface area contributed by atoms with Crippen LogP contribution in [0.1, 0.15) is 5.56 Å². The zero-order valence-electron chi connectivity index (χ0n) is 16.5. The zero-order chi connectivity index (χ0) is 24.2. The lowest BCUT2D eigenvalue weighted by Crippen LogP contribution is -2.20. The molecule has 174 valence electrons. The van der Waals surface area contributed by atoms with Crippen LogP contribution in [-0.2, 0) is 21.0 Å². The van der Waals surface area contributed by atoms with E-state index in [-0.39, 0.29) is 28.0 Å². The van der Waals surface area contributed by atoms with Gasteiger partial charge in [-0.2, -0.15) is 13.2 Å². The number of ether oxygens (including phenoxy) is 1. The quantitative estimate of drug-likeness (QED) is 0.412. The highest BCUT2D eigenvalue weighted by atomic mass is 35.5. The molecule has 0 unspecified atom stereocenters. The topological polar surface area (TPSA) is 84.5 Å². The van der Waals surface area contributed by atoms with Gasteiger partial charge in [-0.15, -0.1) is 0 Å². The van der Waals surface area contributed by atoms with Crippen LogP contribution >= 0.6 is 23.2 Å². The summed E-state index contributed by atoms with van der Waals surface area (Å²) < 4.78 is 70.9. The smallest absolute Gasteiger partial charge is 0.416 e. The van der Waals surface area contributed by atoms with Gasteiger partial charge in [0.1, 0.15) is 5.75 Å². The van der Waals surface area contributed by atoms with E-state index in [4.69, 9.17) is 27.9 Å². The maximum atomic E-state index is 12.8. The van der Waals surface area contributed by atoms with E-state index in [9.17, 15) is 26.4 Å². The van der Waals surface area contributed by atoms with Crippen molar-refractivity contribution >= 4 is 50.5 Å². The molecule has 0 atom stereocenters. The molecule has 0 aliphatic rings. The maximum Gasteiger partial charge on any atom is 0.416 e. The van der Waals surface area contributed by atoms with Crippen molar-refractivity contribution in [2.75, 3.05) is 16.6 Å². The molecule has 0 saturated heterocycles. The van der Waals surface area contributed by atoms with E-state index in [1.165, 1.54) is 42.5 Å². The first-order valence-electron chi connectivity index (χ1n) is 9.12. The third-order valence-electron chi connectivity index (χ3n) is 4.15. The van der Waals surface area contributed by atoms with E-state index >= 15 is 0 Å². The van der Waals surface area contributed by atoms with Crippen LogP contribution in [0.2, 0.25) is 10.0 Å². The summed E-state index contributed by atoms with van der Waals surface area (Å²) >= 11 is 11.8. The van der Waals surface area contributed by atoms with Gasteiger partial charge >= 0.3 is 6.18 Å². The Bertz CT molecular complexity index is 1270. The van der Waals surface area contributed by atoms with Crippen molar-refractivity contribution in [3.05, 3.63) is 82.3 Å². The summed E-state index contributed by atoms with van der Waals surface area (Å²) in [5.74, 6) is -0.312. The summed E-state index contributed by atoms with van der Waals surface area (Å²) in [6.45, 7) is -0.381. The highest BCUT2D eigenvalue weighted by Gasteiger charge is 2.30. The number of rotatable bonds is 7. The second-order valence-corrected chi connectivity index (χ2v) is 9.14. The molecule has 0 heterocycles. The molecule has 0 bridgehead atoms. The number of carbonyl (C=O) groups is 1. The van der Waals surface area contributed by atoms with Gasteiger partial charge in [-0.05, 0) is 60.7 Å². The molecular weight excluding hydrogens is 504 g/mol. The van der Waals surface area contributed by atoms with Gasteiger partial charge < -0.3 is 10.1 Å². The van der Waals surface area contributed by atoms with E-state index in [0.717, 1.165) is 12.1 Å². The standard InChI is InChI=1S/C21H15Cl2F3N2O4S/c22-14-4-9-19(18(23)11-14)27-20(29)12-32-16-5-7-17(8-6-16)33(30,31)28-15-3-1-2-13(10-15)21(24,25)26/h1-11,28H,12H2,(H,27,29). The molecule has 2 N–H and O–H groups in total.